The molecule has 1 aliphatic carbocycles. The Labute approximate surface area is 392 Å². The molecule has 6 aromatic rings. The molecule has 5 aromatic heterocycles. The van der Waals surface area contributed by atoms with Gasteiger partial charge in [-0.3, -0.25) is 29.5 Å². The average Bonchev–Trinajstić information content (AvgIpc) is 4.04. The van der Waals surface area contributed by atoms with Gasteiger partial charge in [-0.15, -0.1) is 0 Å². The summed E-state index contributed by atoms with van der Waals surface area (Å²) < 4.78 is 30.2. The number of anilines is 3. The number of benzene rings is 1. The number of carbonyl (C=O) groups excluding carboxylic acids is 2. The lowest BCUT2D eigenvalue weighted by molar-refractivity contribution is -0.133. The molecular formula is C49H54FN13O5. The average molecular weight is 924 g/mol. The van der Waals surface area contributed by atoms with Crippen molar-refractivity contribution in [3.8, 4) is 40.1 Å². The molecule has 68 heavy (non-hydrogen) atoms. The topological polar surface area (TPSA) is 204 Å². The van der Waals surface area contributed by atoms with Gasteiger partial charge in [-0.2, -0.15) is 15.5 Å². The summed E-state index contributed by atoms with van der Waals surface area (Å²) >= 11 is 0. The summed E-state index contributed by atoms with van der Waals surface area (Å²) in [4.78, 5) is 45.1. The first-order valence-electron chi connectivity index (χ1n) is 23.3. The molecule has 1 unspecified atom stereocenters. The lowest BCUT2D eigenvalue weighted by Gasteiger charge is -2.42. The molecule has 4 fully saturated rings. The second kappa shape index (κ2) is 18.8. The zero-order valence-electron chi connectivity index (χ0n) is 38.1. The maximum Gasteiger partial charge on any atom is 0.249 e. The van der Waals surface area contributed by atoms with Crippen LogP contribution in [0.15, 0.2) is 73.6 Å². The minimum atomic E-state index is -0.854. The van der Waals surface area contributed by atoms with Crippen LogP contribution in [-0.2, 0) is 16.0 Å². The molecule has 3 saturated heterocycles. The normalized spacial score (nSPS) is 21.1. The summed E-state index contributed by atoms with van der Waals surface area (Å²) in [5.74, 6) is 0.795. The van der Waals surface area contributed by atoms with E-state index in [-0.39, 0.29) is 18.4 Å². The van der Waals surface area contributed by atoms with Crippen molar-refractivity contribution in [1.82, 2.24) is 44.6 Å². The van der Waals surface area contributed by atoms with Gasteiger partial charge < -0.3 is 29.7 Å². The van der Waals surface area contributed by atoms with Gasteiger partial charge >= 0.3 is 0 Å². The molecule has 3 aliphatic heterocycles. The third kappa shape index (κ3) is 9.13. The lowest BCUT2D eigenvalue weighted by Crippen LogP contribution is -2.51. The number of hydrogen-bond acceptors (Lipinski definition) is 15. The Morgan fingerprint density at radius 1 is 0.868 bits per heavy atom. The number of hydrogen-bond donors (Lipinski definition) is 3. The van der Waals surface area contributed by atoms with E-state index in [1.165, 1.54) is 13.2 Å². The third-order valence-electron chi connectivity index (χ3n) is 14.1. The van der Waals surface area contributed by atoms with Crippen LogP contribution in [0.1, 0.15) is 68.7 Å². The monoisotopic (exact) mass is 923 g/mol. The van der Waals surface area contributed by atoms with Crippen molar-refractivity contribution in [2.45, 2.75) is 81.5 Å². The van der Waals surface area contributed by atoms with Crippen LogP contribution < -0.4 is 29.9 Å². The highest BCUT2D eigenvalue weighted by atomic mass is 19.1. The van der Waals surface area contributed by atoms with Gasteiger partial charge in [-0.1, -0.05) is 0 Å². The van der Waals surface area contributed by atoms with Gasteiger partial charge in [-0.25, -0.2) is 18.9 Å². The van der Waals surface area contributed by atoms with E-state index in [2.05, 4.69) is 52.4 Å². The van der Waals surface area contributed by atoms with E-state index in [0.29, 0.717) is 103 Å². The third-order valence-corrected chi connectivity index (χ3v) is 14.1. The molecule has 0 radical (unpaired) electrons. The van der Waals surface area contributed by atoms with Gasteiger partial charge in [0, 0.05) is 99.5 Å². The fourth-order valence-electron chi connectivity index (χ4n) is 10.2. The van der Waals surface area contributed by atoms with Crippen LogP contribution in [0.4, 0.5) is 21.6 Å². The Bertz CT molecular complexity index is 2840. The number of fused-ring (bicyclic) bond motifs is 1. The molecule has 1 atom stereocenters. The minimum Gasteiger partial charge on any atom is -0.495 e. The number of nitrogens with one attached hydrogen (secondary N) is 2. The van der Waals surface area contributed by atoms with E-state index in [9.17, 15) is 20.0 Å². The number of ether oxygens (including phenoxy) is 2. The Balaban J connectivity index is 0.759. The van der Waals surface area contributed by atoms with Crippen LogP contribution in [0.25, 0.3) is 28.0 Å². The number of halogens is 1. The smallest absolute Gasteiger partial charge is 0.249 e. The van der Waals surface area contributed by atoms with E-state index < -0.39 is 23.4 Å². The van der Waals surface area contributed by atoms with Gasteiger partial charge in [0.15, 0.2) is 0 Å². The first-order chi connectivity index (χ1) is 33.1. The van der Waals surface area contributed by atoms with Crippen molar-refractivity contribution < 1.29 is 28.6 Å². The second-order valence-electron chi connectivity index (χ2n) is 18.3. The van der Waals surface area contributed by atoms with E-state index in [0.717, 1.165) is 61.4 Å². The van der Waals surface area contributed by atoms with Crippen molar-refractivity contribution in [3.63, 3.8) is 0 Å². The van der Waals surface area contributed by atoms with Gasteiger partial charge in [-0.05, 0) is 69.2 Å². The van der Waals surface area contributed by atoms with Gasteiger partial charge in [0.05, 0.1) is 73.4 Å². The summed E-state index contributed by atoms with van der Waals surface area (Å²) in [7, 11) is 3.13. The Kier molecular flexibility index (Phi) is 12.4. The number of carbonyl (C=O) groups is 2. The fraction of sp³-hybridized carbons (Fsp3) is 0.429. The number of methoxy groups -OCH3 is 2. The maximum atomic E-state index is 15.6. The van der Waals surface area contributed by atoms with Gasteiger partial charge in [0.2, 0.25) is 11.8 Å². The van der Waals surface area contributed by atoms with Crippen molar-refractivity contribution in [2.24, 2.45) is 0 Å². The van der Waals surface area contributed by atoms with E-state index in [1.807, 2.05) is 36.7 Å². The standard InChI is InChI=1S/C49H54FN13O5/c1-67-37-9-4-34(52-28-37)23-49(66)13-15-61(16-14-49)44-11-3-31(25-53-44)46-47-32(24-51)26-55-63(47)30-41(57-46)33-27-54-62(29-33)36-7-5-35(6-8-36)59-17-19-60(20-18-59)42-22-43(68-2)40(21-38(42)50)56-39-10-12-45(64)58-48(39)65/h3-4,9,11,21-22,25-30,35-36,39,56,66H,5-8,10,12-20,23H2,1-2H3,(H,58,64,65). The molecule has 18 nitrogen and oxygen atoms in total. The summed E-state index contributed by atoms with van der Waals surface area (Å²) in [6.07, 6.45) is 16.9. The number of aliphatic hydroxyl groups is 1. The van der Waals surface area contributed by atoms with Crippen molar-refractivity contribution >= 4 is 34.5 Å². The number of nitriles is 1. The zero-order chi connectivity index (χ0) is 46.9. The predicted molar refractivity (Wildman–Crippen MR) is 251 cm³/mol. The number of imide groups is 1. The molecular weight excluding hydrogens is 870 g/mol. The van der Waals surface area contributed by atoms with Crippen LogP contribution in [0, 0.1) is 17.1 Å². The molecule has 0 spiro atoms. The van der Waals surface area contributed by atoms with Gasteiger partial charge in [0.25, 0.3) is 0 Å². The highest BCUT2D eigenvalue weighted by molar-refractivity contribution is 6.01. The fourth-order valence-corrected chi connectivity index (χ4v) is 10.2. The molecule has 8 heterocycles. The molecule has 1 aromatic carbocycles. The Morgan fingerprint density at radius 3 is 2.35 bits per heavy atom. The largest absolute Gasteiger partial charge is 0.495 e. The Morgan fingerprint density at radius 2 is 1.66 bits per heavy atom. The first kappa shape index (κ1) is 44.7. The van der Waals surface area contributed by atoms with E-state index in [4.69, 9.17) is 24.5 Å². The number of piperidine rings is 2. The summed E-state index contributed by atoms with van der Waals surface area (Å²) in [6.45, 7) is 4.24. The highest BCUT2D eigenvalue weighted by Crippen LogP contribution is 2.37. The molecule has 4 aliphatic rings. The molecule has 2 amide bonds. The van der Waals surface area contributed by atoms with Crippen LogP contribution >= 0.6 is 0 Å². The zero-order valence-corrected chi connectivity index (χ0v) is 38.1. The summed E-state index contributed by atoms with van der Waals surface area (Å²) in [6, 6.07) is 13.0. The van der Waals surface area contributed by atoms with Crippen molar-refractivity contribution in [1.29, 1.82) is 5.26 Å². The summed E-state index contributed by atoms with van der Waals surface area (Å²) in [5.41, 5.74) is 4.72. The molecule has 1 saturated carbocycles. The molecule has 10 rings (SSSR count). The minimum absolute atomic E-state index is 0.218. The van der Waals surface area contributed by atoms with E-state index >= 15 is 4.39 Å². The van der Waals surface area contributed by atoms with Crippen LogP contribution in [0.5, 0.6) is 11.5 Å². The number of rotatable bonds is 12. The number of amides is 2. The van der Waals surface area contributed by atoms with Gasteiger partial charge in [0.1, 0.15) is 46.3 Å². The maximum absolute atomic E-state index is 15.6. The number of piperazine rings is 1. The molecule has 352 valence electrons. The van der Waals surface area contributed by atoms with Crippen LogP contribution in [0.2, 0.25) is 0 Å². The second-order valence-corrected chi connectivity index (χ2v) is 18.3. The quantitative estimate of drug-likeness (QED) is 0.136. The van der Waals surface area contributed by atoms with Crippen LogP contribution in [0.3, 0.4) is 0 Å². The SMILES string of the molecule is COc1ccc(CC2(O)CCN(c3ccc(-c4nc(-c5cnn(C6CCC(N7CCN(c8cc(OC)c(NC9CCC(=O)NC9=O)cc8F)CC7)CC6)c5)cn5ncc(C#N)c45)cn3)CC2)nc1. The number of aromatic nitrogens is 7. The summed E-state index contributed by atoms with van der Waals surface area (Å²) in [5, 5.41) is 36.1. The molecule has 0 bridgehead atoms. The van der Waals surface area contributed by atoms with E-state index in [1.54, 1.807) is 36.3 Å². The predicted octanol–water partition coefficient (Wildman–Crippen LogP) is 5.17. The van der Waals surface area contributed by atoms with Crippen LogP contribution in [-0.4, -0.2) is 127 Å². The Hall–Kier alpha value is -7.17. The van der Waals surface area contributed by atoms with Crippen molar-refractivity contribution in [3.05, 3.63) is 90.7 Å². The van der Waals surface area contributed by atoms with Crippen molar-refractivity contribution in [2.75, 3.05) is 68.6 Å². The number of pyridine rings is 2. The highest BCUT2D eigenvalue weighted by Gasteiger charge is 2.35. The molecule has 19 heteroatoms. The molecule has 3 N–H and O–H groups in total. The first-order valence-corrected chi connectivity index (χ1v) is 23.3. The lowest BCUT2D eigenvalue weighted by atomic mass is 9.87. The number of nitrogens with zero attached hydrogens (tertiary/aromatic N) is 11.